The molecule has 8 heteroatoms. The fourth-order valence-corrected chi connectivity index (χ4v) is 2.39. The maximum absolute atomic E-state index is 12.5. The minimum absolute atomic E-state index is 0. The molecule has 1 N–H and O–H groups in total. The molecule has 110 valence electrons. The molecule has 0 atom stereocenters. The number of nitro groups is 1. The molecular formula is C15H9NNaO6+. The Morgan fingerprint density at radius 1 is 1.13 bits per heavy atom. The third-order valence-electron chi connectivity index (χ3n) is 3.32. The number of nitro benzene ring substituents is 1. The van der Waals surface area contributed by atoms with E-state index in [1.807, 2.05) is 0 Å². The predicted molar refractivity (Wildman–Crippen MR) is 78.0 cm³/mol. The van der Waals surface area contributed by atoms with E-state index in [0.29, 0.717) is 5.56 Å². The Kier molecular flexibility index (Phi) is 4.84. The predicted octanol–water partition coefficient (Wildman–Crippen LogP) is -0.514. The number of carboxylic acid groups (broad SMARTS) is 1. The summed E-state index contributed by atoms with van der Waals surface area (Å²) in [4.78, 5) is 33.8. The van der Waals surface area contributed by atoms with Crippen LogP contribution in [-0.4, -0.2) is 16.0 Å². The summed E-state index contributed by atoms with van der Waals surface area (Å²) >= 11 is 0. The molecule has 0 fully saturated rings. The SMILES string of the molecule is O=C(O)Cc1cccc2c(=O)c3cccc([N+](=O)[O-])c3oc12.[Na+]. The smallest absolute Gasteiger partial charge is 0.481 e. The topological polar surface area (TPSA) is 111 Å². The molecule has 7 nitrogen and oxygen atoms in total. The summed E-state index contributed by atoms with van der Waals surface area (Å²) in [6.07, 6.45) is -0.341. The standard InChI is InChI=1S/C15H9NO6.Na/c17-12(18)7-8-3-1-4-9-13(19)10-5-2-6-11(16(20)21)15(10)22-14(8)9;/h1-6H,7H2,(H,17,18);/q;+1. The molecule has 0 aliphatic carbocycles. The van der Waals surface area contributed by atoms with Crippen molar-refractivity contribution in [2.24, 2.45) is 0 Å². The average molecular weight is 322 g/mol. The Morgan fingerprint density at radius 3 is 2.35 bits per heavy atom. The first kappa shape index (κ1) is 17.1. The number of aliphatic carboxylic acids is 1. The van der Waals surface area contributed by atoms with E-state index in [4.69, 9.17) is 9.52 Å². The Labute approximate surface area is 151 Å². The molecule has 0 radical (unpaired) electrons. The van der Waals surface area contributed by atoms with Gasteiger partial charge in [-0.1, -0.05) is 18.2 Å². The van der Waals surface area contributed by atoms with E-state index in [0.717, 1.165) is 0 Å². The summed E-state index contributed by atoms with van der Waals surface area (Å²) in [5.74, 6) is -1.09. The molecular weight excluding hydrogens is 313 g/mol. The maximum atomic E-state index is 12.5. The number of carbonyl (C=O) groups is 1. The summed E-state index contributed by atoms with van der Waals surface area (Å²) < 4.78 is 5.55. The monoisotopic (exact) mass is 322 g/mol. The maximum Gasteiger partial charge on any atom is 1.00 e. The molecule has 3 rings (SSSR count). The quantitative estimate of drug-likeness (QED) is 0.301. The van der Waals surface area contributed by atoms with Crippen LogP contribution in [0.5, 0.6) is 0 Å². The van der Waals surface area contributed by atoms with Crippen LogP contribution in [0.25, 0.3) is 21.9 Å². The van der Waals surface area contributed by atoms with Crippen LogP contribution in [-0.2, 0) is 11.2 Å². The zero-order valence-corrected chi connectivity index (χ0v) is 14.1. The van der Waals surface area contributed by atoms with Gasteiger partial charge in [0.05, 0.1) is 22.1 Å². The zero-order valence-electron chi connectivity index (χ0n) is 12.1. The number of non-ortho nitro benzene ring substituents is 1. The van der Waals surface area contributed by atoms with Crippen molar-refractivity contribution in [1.82, 2.24) is 0 Å². The summed E-state index contributed by atoms with van der Waals surface area (Å²) in [5.41, 5.74) is -0.546. The third-order valence-corrected chi connectivity index (χ3v) is 3.32. The van der Waals surface area contributed by atoms with E-state index in [9.17, 15) is 19.7 Å². The van der Waals surface area contributed by atoms with E-state index in [2.05, 4.69) is 0 Å². The number of carboxylic acids is 1. The molecule has 0 saturated carbocycles. The van der Waals surface area contributed by atoms with Gasteiger partial charge in [0.25, 0.3) is 0 Å². The van der Waals surface area contributed by atoms with E-state index in [-0.39, 0.29) is 63.6 Å². The van der Waals surface area contributed by atoms with Gasteiger partial charge < -0.3 is 9.52 Å². The van der Waals surface area contributed by atoms with Crippen molar-refractivity contribution in [1.29, 1.82) is 0 Å². The van der Waals surface area contributed by atoms with Crippen molar-refractivity contribution in [2.45, 2.75) is 6.42 Å². The number of hydrogen-bond donors (Lipinski definition) is 1. The van der Waals surface area contributed by atoms with Crippen molar-refractivity contribution in [3.8, 4) is 0 Å². The van der Waals surface area contributed by atoms with Crippen molar-refractivity contribution in [3.63, 3.8) is 0 Å². The first-order chi connectivity index (χ1) is 10.5. The Morgan fingerprint density at radius 2 is 1.74 bits per heavy atom. The van der Waals surface area contributed by atoms with Gasteiger partial charge in [-0.2, -0.15) is 0 Å². The molecule has 0 saturated heterocycles. The van der Waals surface area contributed by atoms with Crippen LogP contribution in [0.15, 0.2) is 45.6 Å². The number of rotatable bonds is 3. The van der Waals surface area contributed by atoms with E-state index in [1.165, 1.54) is 30.3 Å². The summed E-state index contributed by atoms with van der Waals surface area (Å²) in [6.45, 7) is 0. The fourth-order valence-electron chi connectivity index (χ4n) is 2.39. The summed E-state index contributed by atoms with van der Waals surface area (Å²) in [6, 6.07) is 8.66. The normalized spacial score (nSPS) is 10.4. The molecule has 0 spiro atoms. The molecule has 0 amide bonds. The number of fused-ring (bicyclic) bond motifs is 2. The van der Waals surface area contributed by atoms with Gasteiger partial charge in [0.1, 0.15) is 5.58 Å². The minimum atomic E-state index is -1.09. The van der Waals surface area contributed by atoms with Gasteiger partial charge in [-0.3, -0.25) is 19.7 Å². The van der Waals surface area contributed by atoms with Crippen LogP contribution in [0.1, 0.15) is 5.56 Å². The van der Waals surface area contributed by atoms with Crippen molar-refractivity contribution >= 4 is 33.6 Å². The molecule has 1 heterocycles. The number of hydrogen-bond acceptors (Lipinski definition) is 5. The molecule has 1 aromatic heterocycles. The minimum Gasteiger partial charge on any atom is -0.481 e. The Hall–Kier alpha value is -2.22. The Bertz CT molecular complexity index is 994. The van der Waals surface area contributed by atoms with Gasteiger partial charge in [0.15, 0.2) is 0 Å². The zero-order chi connectivity index (χ0) is 15.9. The number of nitrogens with zero attached hydrogens (tertiary/aromatic N) is 1. The van der Waals surface area contributed by atoms with Crippen molar-refractivity contribution < 1.29 is 48.8 Å². The van der Waals surface area contributed by atoms with E-state index < -0.39 is 16.3 Å². The van der Waals surface area contributed by atoms with Gasteiger partial charge in [0.2, 0.25) is 11.0 Å². The van der Waals surface area contributed by atoms with Gasteiger partial charge in [-0.05, 0) is 12.1 Å². The van der Waals surface area contributed by atoms with Crippen LogP contribution in [0.2, 0.25) is 0 Å². The van der Waals surface area contributed by atoms with Crippen molar-refractivity contribution in [3.05, 3.63) is 62.3 Å². The van der Waals surface area contributed by atoms with Gasteiger partial charge in [-0.25, -0.2) is 0 Å². The van der Waals surface area contributed by atoms with E-state index >= 15 is 0 Å². The molecule has 0 aliphatic heterocycles. The van der Waals surface area contributed by atoms with Gasteiger partial charge in [0, 0.05) is 11.6 Å². The van der Waals surface area contributed by atoms with Crippen LogP contribution < -0.4 is 35.0 Å². The van der Waals surface area contributed by atoms with Crippen LogP contribution in [0.3, 0.4) is 0 Å². The van der Waals surface area contributed by atoms with Crippen molar-refractivity contribution in [2.75, 3.05) is 0 Å². The van der Waals surface area contributed by atoms with Gasteiger partial charge >= 0.3 is 41.2 Å². The molecule has 0 unspecified atom stereocenters. The van der Waals surface area contributed by atoms with Crippen LogP contribution >= 0.6 is 0 Å². The molecule has 23 heavy (non-hydrogen) atoms. The second-order valence-corrected chi connectivity index (χ2v) is 4.71. The molecule has 3 aromatic rings. The second-order valence-electron chi connectivity index (χ2n) is 4.71. The second kappa shape index (κ2) is 6.49. The first-order valence-electron chi connectivity index (χ1n) is 6.32. The van der Waals surface area contributed by atoms with E-state index in [1.54, 1.807) is 6.07 Å². The fraction of sp³-hybridized carbons (Fsp3) is 0.0667. The average Bonchev–Trinajstić information content (AvgIpc) is 2.47. The van der Waals surface area contributed by atoms with Crippen LogP contribution in [0.4, 0.5) is 5.69 Å². The van der Waals surface area contributed by atoms with Gasteiger partial charge in [-0.15, -0.1) is 0 Å². The summed E-state index contributed by atoms with van der Waals surface area (Å²) in [7, 11) is 0. The third kappa shape index (κ3) is 2.98. The van der Waals surface area contributed by atoms with Crippen LogP contribution in [0, 0.1) is 10.1 Å². The molecule has 2 aromatic carbocycles. The molecule has 0 aliphatic rings. The Balaban J connectivity index is 0.00000192. The summed E-state index contributed by atoms with van der Waals surface area (Å²) in [5, 5.41) is 20.3. The largest absolute Gasteiger partial charge is 1.00 e. The molecule has 0 bridgehead atoms. The number of benzene rings is 2. The number of para-hydroxylation sites is 2. The first-order valence-corrected chi connectivity index (χ1v) is 6.32.